The van der Waals surface area contributed by atoms with Crippen molar-refractivity contribution in [3.63, 3.8) is 0 Å². The highest BCUT2D eigenvalue weighted by Gasteiger charge is 2.39. The Labute approximate surface area is 216 Å². The first-order valence-corrected chi connectivity index (χ1v) is 12.3. The van der Waals surface area contributed by atoms with Crippen LogP contribution in [0.2, 0.25) is 5.02 Å². The number of carbonyl (C=O) groups is 3. The third-order valence-electron chi connectivity index (χ3n) is 6.15. The van der Waals surface area contributed by atoms with Crippen molar-refractivity contribution < 1.29 is 19.1 Å². The van der Waals surface area contributed by atoms with E-state index in [0.29, 0.717) is 34.5 Å². The van der Waals surface area contributed by atoms with Gasteiger partial charge < -0.3 is 25.7 Å². The monoisotopic (exact) mass is 515 g/mol. The summed E-state index contributed by atoms with van der Waals surface area (Å²) in [5.41, 5.74) is 0.195. The maximum Gasteiger partial charge on any atom is 0.268 e. The molecule has 194 valence electrons. The summed E-state index contributed by atoms with van der Waals surface area (Å²) in [5, 5.41) is 19.2. The summed E-state index contributed by atoms with van der Waals surface area (Å²) < 4.78 is 5.23. The highest BCUT2D eigenvalue weighted by atomic mass is 35.5. The van der Waals surface area contributed by atoms with Crippen molar-refractivity contribution in [1.29, 1.82) is 5.26 Å². The number of H-pyrrole nitrogens is 1. The molecular formula is C26H34ClN5O4. The lowest BCUT2D eigenvalue weighted by Gasteiger charge is -2.27. The number of ether oxygens (including phenoxy) is 1. The van der Waals surface area contributed by atoms with Gasteiger partial charge in [-0.3, -0.25) is 14.4 Å². The van der Waals surface area contributed by atoms with Crippen LogP contribution in [0.1, 0.15) is 64.4 Å². The number of rotatable bonds is 8. The zero-order valence-electron chi connectivity index (χ0n) is 21.5. The molecule has 9 nitrogen and oxygen atoms in total. The van der Waals surface area contributed by atoms with Gasteiger partial charge in [-0.1, -0.05) is 32.4 Å². The molecule has 2 heterocycles. The minimum absolute atomic E-state index is 0.122. The van der Waals surface area contributed by atoms with Crippen LogP contribution in [0.5, 0.6) is 5.75 Å². The Morgan fingerprint density at radius 1 is 1.28 bits per heavy atom. The van der Waals surface area contributed by atoms with E-state index in [1.807, 2.05) is 34.6 Å². The average Bonchev–Trinajstić information content (AvgIpc) is 3.31. The van der Waals surface area contributed by atoms with E-state index >= 15 is 0 Å². The van der Waals surface area contributed by atoms with Gasteiger partial charge in [0.1, 0.15) is 23.5 Å². The van der Waals surface area contributed by atoms with E-state index in [9.17, 15) is 19.6 Å². The molecule has 1 aromatic heterocycles. The lowest BCUT2D eigenvalue weighted by molar-refractivity contribution is -0.125. The Balaban J connectivity index is 1.75. The molecule has 1 aromatic carbocycles. The number of aromatic nitrogens is 1. The standard InChI is InChI=1S/C26H34ClN5O4/c1-25(2,3)12-20(24(35)29-16(13-28)7-15-11-26(4,5)32-22(15)33)31-23(34)19-9-14-8-17(36-6)10-18(27)21(14)30-19/h8-10,15-16,20,30H,7,11-12H2,1-6H3,(H,29,35)(H,31,34)(H,32,33)/t15-,16?,20?/m1/s1. The quantitative estimate of drug-likeness (QED) is 0.425. The molecule has 0 saturated carbocycles. The second-order valence-corrected chi connectivity index (χ2v) is 11.7. The molecule has 2 aromatic rings. The lowest BCUT2D eigenvalue weighted by Crippen LogP contribution is -2.51. The van der Waals surface area contributed by atoms with Gasteiger partial charge in [0.15, 0.2) is 0 Å². The Morgan fingerprint density at radius 3 is 2.53 bits per heavy atom. The van der Waals surface area contributed by atoms with Crippen molar-refractivity contribution in [3.8, 4) is 11.8 Å². The number of nitrogens with zero attached hydrogens (tertiary/aromatic N) is 1. The van der Waals surface area contributed by atoms with Crippen LogP contribution in [-0.2, 0) is 9.59 Å². The second-order valence-electron chi connectivity index (χ2n) is 11.2. The summed E-state index contributed by atoms with van der Waals surface area (Å²) in [4.78, 5) is 41.6. The highest BCUT2D eigenvalue weighted by molar-refractivity contribution is 6.35. The molecule has 1 aliphatic heterocycles. The summed E-state index contributed by atoms with van der Waals surface area (Å²) in [7, 11) is 1.53. The zero-order chi connectivity index (χ0) is 26.8. The third kappa shape index (κ3) is 6.70. The number of hydrogen-bond donors (Lipinski definition) is 4. The number of aromatic amines is 1. The van der Waals surface area contributed by atoms with Gasteiger partial charge in [0, 0.05) is 22.9 Å². The minimum Gasteiger partial charge on any atom is -0.497 e. The van der Waals surface area contributed by atoms with E-state index in [0.717, 1.165) is 0 Å². The van der Waals surface area contributed by atoms with Crippen molar-refractivity contribution in [2.24, 2.45) is 11.3 Å². The van der Waals surface area contributed by atoms with E-state index in [1.165, 1.54) is 7.11 Å². The number of amides is 3. The van der Waals surface area contributed by atoms with Crippen molar-refractivity contribution in [2.45, 2.75) is 71.5 Å². The first kappa shape index (κ1) is 27.3. The van der Waals surface area contributed by atoms with Crippen LogP contribution in [-0.4, -0.2) is 47.4 Å². The molecule has 3 atom stereocenters. The summed E-state index contributed by atoms with van der Waals surface area (Å²) >= 11 is 6.31. The van der Waals surface area contributed by atoms with Gasteiger partial charge in [0.25, 0.3) is 5.91 Å². The molecule has 10 heteroatoms. The molecule has 1 aliphatic rings. The van der Waals surface area contributed by atoms with E-state index in [4.69, 9.17) is 16.3 Å². The number of nitriles is 1. The van der Waals surface area contributed by atoms with E-state index in [2.05, 4.69) is 27.0 Å². The molecule has 2 unspecified atom stereocenters. The molecule has 0 spiro atoms. The van der Waals surface area contributed by atoms with Crippen LogP contribution < -0.4 is 20.7 Å². The minimum atomic E-state index is -0.890. The van der Waals surface area contributed by atoms with Crippen LogP contribution >= 0.6 is 11.6 Å². The Hall–Kier alpha value is -3.25. The third-order valence-corrected chi connectivity index (χ3v) is 6.45. The Bertz CT molecular complexity index is 1210. The number of carbonyl (C=O) groups excluding carboxylic acids is 3. The summed E-state index contributed by atoms with van der Waals surface area (Å²) in [6.07, 6.45) is 1.13. The van der Waals surface area contributed by atoms with Gasteiger partial charge in [0.05, 0.1) is 23.7 Å². The molecule has 0 radical (unpaired) electrons. The molecular weight excluding hydrogens is 482 g/mol. The molecule has 3 rings (SSSR count). The number of fused-ring (bicyclic) bond motifs is 1. The van der Waals surface area contributed by atoms with Crippen molar-refractivity contribution in [1.82, 2.24) is 20.9 Å². The van der Waals surface area contributed by atoms with Gasteiger partial charge in [0.2, 0.25) is 11.8 Å². The van der Waals surface area contributed by atoms with Gasteiger partial charge >= 0.3 is 0 Å². The Kier molecular flexibility index (Phi) is 7.89. The van der Waals surface area contributed by atoms with E-state index in [1.54, 1.807) is 18.2 Å². The molecule has 3 amide bonds. The lowest BCUT2D eigenvalue weighted by atomic mass is 9.87. The van der Waals surface area contributed by atoms with E-state index < -0.39 is 23.9 Å². The number of nitrogens with one attached hydrogen (secondary N) is 4. The predicted octanol–water partition coefficient (Wildman–Crippen LogP) is 3.68. The maximum absolute atomic E-state index is 13.2. The van der Waals surface area contributed by atoms with Gasteiger partial charge in [-0.25, -0.2) is 0 Å². The molecule has 1 fully saturated rings. The van der Waals surface area contributed by atoms with Crippen LogP contribution in [0.15, 0.2) is 18.2 Å². The van der Waals surface area contributed by atoms with Crippen molar-refractivity contribution in [3.05, 3.63) is 28.9 Å². The number of benzene rings is 1. The molecule has 36 heavy (non-hydrogen) atoms. The number of hydrogen-bond acceptors (Lipinski definition) is 5. The Morgan fingerprint density at radius 2 is 1.97 bits per heavy atom. The van der Waals surface area contributed by atoms with Crippen LogP contribution in [0.25, 0.3) is 10.9 Å². The summed E-state index contributed by atoms with van der Waals surface area (Å²) in [6, 6.07) is 5.38. The molecule has 0 aliphatic carbocycles. The van der Waals surface area contributed by atoms with Gasteiger partial charge in [-0.05, 0) is 50.7 Å². The van der Waals surface area contributed by atoms with Gasteiger partial charge in [-0.2, -0.15) is 5.26 Å². The number of halogens is 1. The second kappa shape index (κ2) is 10.4. The molecule has 1 saturated heterocycles. The number of methoxy groups -OCH3 is 1. The summed E-state index contributed by atoms with van der Waals surface area (Å²) in [6.45, 7) is 9.73. The van der Waals surface area contributed by atoms with E-state index in [-0.39, 0.29) is 34.9 Å². The molecule has 0 bridgehead atoms. The molecule has 4 N–H and O–H groups in total. The first-order chi connectivity index (χ1) is 16.7. The van der Waals surface area contributed by atoms with Crippen molar-refractivity contribution >= 4 is 40.2 Å². The van der Waals surface area contributed by atoms with Crippen molar-refractivity contribution in [2.75, 3.05) is 7.11 Å². The van der Waals surface area contributed by atoms with Crippen LogP contribution in [0.3, 0.4) is 0 Å². The fraction of sp³-hybridized carbons (Fsp3) is 0.538. The fourth-order valence-corrected chi connectivity index (χ4v) is 4.82. The summed E-state index contributed by atoms with van der Waals surface area (Å²) in [5.74, 6) is -0.878. The van der Waals surface area contributed by atoms with Crippen LogP contribution in [0.4, 0.5) is 0 Å². The topological polar surface area (TPSA) is 136 Å². The normalized spacial score (nSPS) is 18.7. The predicted molar refractivity (Wildman–Crippen MR) is 138 cm³/mol. The SMILES string of the molecule is COc1cc(Cl)c2[nH]c(C(=O)NC(CC(C)(C)C)C(=O)NC(C#N)C[C@@H]3CC(C)(C)NC3=O)cc2c1. The van der Waals surface area contributed by atoms with Gasteiger partial charge in [-0.15, -0.1) is 0 Å². The highest BCUT2D eigenvalue weighted by Crippen LogP contribution is 2.30. The maximum atomic E-state index is 13.2. The van der Waals surface area contributed by atoms with Crippen LogP contribution in [0, 0.1) is 22.7 Å². The first-order valence-electron chi connectivity index (χ1n) is 11.9. The largest absolute Gasteiger partial charge is 0.497 e. The zero-order valence-corrected chi connectivity index (χ0v) is 22.3. The fourth-order valence-electron chi connectivity index (χ4n) is 4.56. The smallest absolute Gasteiger partial charge is 0.268 e. The average molecular weight is 516 g/mol.